The van der Waals surface area contributed by atoms with E-state index in [1.807, 2.05) is 20.8 Å². The van der Waals surface area contributed by atoms with Crippen molar-refractivity contribution in [2.75, 3.05) is 0 Å². The lowest BCUT2D eigenvalue weighted by molar-refractivity contribution is -0.143. The Morgan fingerprint density at radius 3 is 2.29 bits per heavy atom. The molecule has 0 rings (SSSR count). The van der Waals surface area contributed by atoms with Crippen molar-refractivity contribution >= 4 is 11.9 Å². The molecule has 4 nitrogen and oxygen atoms in total. The molecule has 0 aliphatic rings. The molecule has 0 aromatic rings. The minimum absolute atomic E-state index is 0.0340. The number of nitrogens with one attached hydrogen (secondary N) is 1. The average molecular weight is 201 g/mol. The van der Waals surface area contributed by atoms with Crippen LogP contribution in [0.4, 0.5) is 0 Å². The van der Waals surface area contributed by atoms with Crippen LogP contribution in [0.5, 0.6) is 0 Å². The molecule has 0 aromatic carbocycles. The van der Waals surface area contributed by atoms with Gasteiger partial charge in [-0.2, -0.15) is 0 Å². The molecule has 82 valence electrons. The van der Waals surface area contributed by atoms with Gasteiger partial charge in [-0.1, -0.05) is 27.2 Å². The molecule has 0 aliphatic carbocycles. The minimum atomic E-state index is -0.955. The van der Waals surface area contributed by atoms with Crippen LogP contribution >= 0.6 is 0 Å². The maximum atomic E-state index is 11.2. The van der Waals surface area contributed by atoms with Crippen LogP contribution in [0, 0.1) is 5.92 Å². The van der Waals surface area contributed by atoms with E-state index in [4.69, 9.17) is 5.11 Å². The van der Waals surface area contributed by atoms with Gasteiger partial charge in [-0.05, 0) is 12.3 Å². The molecule has 2 unspecified atom stereocenters. The molecule has 0 bridgehead atoms. The largest absolute Gasteiger partial charge is 0.480 e. The molecule has 2 atom stereocenters. The minimum Gasteiger partial charge on any atom is -0.480 e. The summed E-state index contributed by atoms with van der Waals surface area (Å²) in [4.78, 5) is 22.0. The highest BCUT2D eigenvalue weighted by Crippen LogP contribution is 2.08. The maximum Gasteiger partial charge on any atom is 0.326 e. The number of rotatable bonds is 6. The number of aliphatic carboxylic acids is 1. The standard InChI is InChI=1S/C10H19NO3/c1-4-6-8(12)11-9(10(13)14)7(3)5-2/h7,9H,4-6H2,1-3H3,(H,11,12)(H,13,14). The second kappa shape index (κ2) is 6.40. The van der Waals surface area contributed by atoms with Gasteiger partial charge in [0.05, 0.1) is 0 Å². The van der Waals surface area contributed by atoms with Crippen molar-refractivity contribution in [3.8, 4) is 0 Å². The van der Waals surface area contributed by atoms with E-state index in [2.05, 4.69) is 5.32 Å². The summed E-state index contributed by atoms with van der Waals surface area (Å²) in [6.07, 6.45) is 1.86. The van der Waals surface area contributed by atoms with Gasteiger partial charge in [-0.3, -0.25) is 4.79 Å². The first kappa shape index (κ1) is 12.9. The number of amides is 1. The second-order valence-corrected chi connectivity index (χ2v) is 3.52. The van der Waals surface area contributed by atoms with Gasteiger partial charge in [0.25, 0.3) is 0 Å². The Hall–Kier alpha value is -1.06. The molecular weight excluding hydrogens is 182 g/mol. The molecule has 14 heavy (non-hydrogen) atoms. The number of carbonyl (C=O) groups is 2. The number of carbonyl (C=O) groups excluding carboxylic acids is 1. The molecule has 0 radical (unpaired) electrons. The van der Waals surface area contributed by atoms with Crippen LogP contribution in [0.15, 0.2) is 0 Å². The quantitative estimate of drug-likeness (QED) is 0.682. The molecule has 4 heteroatoms. The third-order valence-corrected chi connectivity index (χ3v) is 2.27. The zero-order valence-corrected chi connectivity index (χ0v) is 9.04. The first-order valence-electron chi connectivity index (χ1n) is 5.05. The number of hydrogen-bond acceptors (Lipinski definition) is 2. The van der Waals surface area contributed by atoms with E-state index in [9.17, 15) is 9.59 Å². The highest BCUT2D eigenvalue weighted by Gasteiger charge is 2.24. The Balaban J connectivity index is 4.23. The van der Waals surface area contributed by atoms with Gasteiger partial charge >= 0.3 is 5.97 Å². The van der Waals surface area contributed by atoms with Gasteiger partial charge in [0.2, 0.25) is 5.91 Å². The maximum absolute atomic E-state index is 11.2. The fourth-order valence-corrected chi connectivity index (χ4v) is 1.16. The Bertz CT molecular complexity index is 204. The molecule has 0 spiro atoms. The van der Waals surface area contributed by atoms with E-state index >= 15 is 0 Å². The summed E-state index contributed by atoms with van der Waals surface area (Å²) in [5, 5.41) is 11.4. The van der Waals surface area contributed by atoms with Crippen LogP contribution in [0.25, 0.3) is 0 Å². The zero-order chi connectivity index (χ0) is 11.1. The van der Waals surface area contributed by atoms with Crippen LogP contribution < -0.4 is 5.32 Å². The Morgan fingerprint density at radius 1 is 1.36 bits per heavy atom. The molecule has 0 saturated carbocycles. The summed E-state index contributed by atoms with van der Waals surface area (Å²) in [5.41, 5.74) is 0. The summed E-state index contributed by atoms with van der Waals surface area (Å²) in [6, 6.07) is -0.751. The summed E-state index contributed by atoms with van der Waals surface area (Å²) < 4.78 is 0. The zero-order valence-electron chi connectivity index (χ0n) is 9.04. The van der Waals surface area contributed by atoms with Crippen molar-refractivity contribution < 1.29 is 14.7 Å². The topological polar surface area (TPSA) is 66.4 Å². The molecule has 0 fully saturated rings. The molecule has 0 heterocycles. The lowest BCUT2D eigenvalue weighted by atomic mass is 9.99. The van der Waals surface area contributed by atoms with Crippen molar-refractivity contribution in [3.05, 3.63) is 0 Å². The van der Waals surface area contributed by atoms with Crippen molar-refractivity contribution in [1.82, 2.24) is 5.32 Å². The lowest BCUT2D eigenvalue weighted by Gasteiger charge is -2.19. The van der Waals surface area contributed by atoms with E-state index in [0.29, 0.717) is 6.42 Å². The highest BCUT2D eigenvalue weighted by molar-refractivity contribution is 5.83. The first-order chi connectivity index (χ1) is 6.52. The van der Waals surface area contributed by atoms with Gasteiger partial charge in [-0.25, -0.2) is 4.79 Å². The van der Waals surface area contributed by atoms with Gasteiger partial charge in [-0.15, -0.1) is 0 Å². The Kier molecular flexibility index (Phi) is 5.92. The summed E-state index contributed by atoms with van der Waals surface area (Å²) >= 11 is 0. The van der Waals surface area contributed by atoms with Gasteiger partial charge < -0.3 is 10.4 Å². The summed E-state index contributed by atoms with van der Waals surface area (Å²) in [5.74, 6) is -1.17. The molecule has 2 N–H and O–H groups in total. The van der Waals surface area contributed by atoms with E-state index in [1.54, 1.807) is 0 Å². The third-order valence-electron chi connectivity index (χ3n) is 2.27. The number of carboxylic acid groups (broad SMARTS) is 1. The van der Waals surface area contributed by atoms with E-state index in [1.165, 1.54) is 0 Å². The molecule has 0 aliphatic heterocycles. The molecular formula is C10H19NO3. The monoisotopic (exact) mass is 201 g/mol. The van der Waals surface area contributed by atoms with Crippen molar-refractivity contribution in [3.63, 3.8) is 0 Å². The van der Waals surface area contributed by atoms with Crippen LogP contribution in [0.3, 0.4) is 0 Å². The van der Waals surface area contributed by atoms with Crippen LogP contribution in [0.2, 0.25) is 0 Å². The predicted molar refractivity (Wildman–Crippen MR) is 53.9 cm³/mol. The predicted octanol–water partition coefficient (Wildman–Crippen LogP) is 1.40. The van der Waals surface area contributed by atoms with Crippen molar-refractivity contribution in [2.24, 2.45) is 5.92 Å². The number of hydrogen-bond donors (Lipinski definition) is 2. The van der Waals surface area contributed by atoms with Crippen molar-refractivity contribution in [1.29, 1.82) is 0 Å². The Labute approximate surface area is 84.7 Å². The fourth-order valence-electron chi connectivity index (χ4n) is 1.16. The van der Waals surface area contributed by atoms with Crippen molar-refractivity contribution in [2.45, 2.75) is 46.1 Å². The fraction of sp³-hybridized carbons (Fsp3) is 0.800. The Morgan fingerprint density at radius 2 is 1.93 bits per heavy atom. The lowest BCUT2D eigenvalue weighted by Crippen LogP contribution is -2.44. The number of carboxylic acids is 1. The van der Waals surface area contributed by atoms with E-state index in [0.717, 1.165) is 12.8 Å². The summed E-state index contributed by atoms with van der Waals surface area (Å²) in [6.45, 7) is 5.62. The first-order valence-corrected chi connectivity index (χ1v) is 5.05. The second-order valence-electron chi connectivity index (χ2n) is 3.52. The smallest absolute Gasteiger partial charge is 0.326 e. The summed E-state index contributed by atoms with van der Waals surface area (Å²) in [7, 11) is 0. The van der Waals surface area contributed by atoms with E-state index < -0.39 is 12.0 Å². The molecule has 0 saturated heterocycles. The normalized spacial score (nSPS) is 14.5. The van der Waals surface area contributed by atoms with Crippen LogP contribution in [-0.2, 0) is 9.59 Å². The van der Waals surface area contributed by atoms with Crippen LogP contribution in [-0.4, -0.2) is 23.0 Å². The highest BCUT2D eigenvalue weighted by atomic mass is 16.4. The van der Waals surface area contributed by atoms with Crippen LogP contribution in [0.1, 0.15) is 40.0 Å². The molecule has 0 aromatic heterocycles. The van der Waals surface area contributed by atoms with Gasteiger partial charge in [0, 0.05) is 6.42 Å². The average Bonchev–Trinajstić information content (AvgIpc) is 2.13. The molecule has 1 amide bonds. The SMILES string of the molecule is CCCC(=O)NC(C(=O)O)C(C)CC. The van der Waals surface area contributed by atoms with E-state index in [-0.39, 0.29) is 11.8 Å². The van der Waals surface area contributed by atoms with Gasteiger partial charge in [0.15, 0.2) is 0 Å². The third kappa shape index (κ3) is 4.25. The van der Waals surface area contributed by atoms with Gasteiger partial charge in [0.1, 0.15) is 6.04 Å².